The maximum Gasteiger partial charge on any atom is 0.227 e. The predicted molar refractivity (Wildman–Crippen MR) is 235 cm³/mol. The average molecular weight is 731 g/mol. The normalized spacial score (nSPS) is 11.5. The number of anilines is 3. The van der Waals surface area contributed by atoms with Crippen LogP contribution in [0.2, 0.25) is 0 Å². The second-order valence-electron chi connectivity index (χ2n) is 14.4. The van der Waals surface area contributed by atoms with Crippen LogP contribution >= 0.6 is 0 Å². The van der Waals surface area contributed by atoms with E-state index in [0.717, 1.165) is 77.6 Å². The molecule has 11 aromatic rings. The van der Waals surface area contributed by atoms with Crippen LogP contribution in [0.5, 0.6) is 0 Å². The fraction of sp³-hybridized carbons (Fsp3) is 0. The van der Waals surface area contributed by atoms with E-state index in [1.807, 2.05) is 24.3 Å². The minimum absolute atomic E-state index is 0.615. The molecule has 0 aliphatic rings. The highest BCUT2D eigenvalue weighted by atomic mass is 16.3. The fourth-order valence-corrected chi connectivity index (χ4v) is 8.04. The summed E-state index contributed by atoms with van der Waals surface area (Å²) in [6, 6.07) is 72.4. The van der Waals surface area contributed by atoms with E-state index in [1.54, 1.807) is 0 Å². The van der Waals surface area contributed by atoms with Crippen molar-refractivity contribution in [2.75, 3.05) is 4.90 Å². The SMILES string of the molecule is c1ccc(-c2ccc(N(c3ccc(-c4ccccc4)cc3)c3cc4ccccc4c4oc5cc(-c6ccc(-c7nc8ccccc8o7)cc6)ccc5c34)cc2)cc1. The number of nitrogens with zero attached hydrogens (tertiary/aromatic N) is 2. The average Bonchev–Trinajstić information content (AvgIpc) is 3.90. The number of rotatable bonds is 7. The van der Waals surface area contributed by atoms with Gasteiger partial charge in [-0.2, -0.15) is 0 Å². The summed E-state index contributed by atoms with van der Waals surface area (Å²) in [5.41, 5.74) is 14.3. The summed E-state index contributed by atoms with van der Waals surface area (Å²) in [5, 5.41) is 4.32. The van der Waals surface area contributed by atoms with Gasteiger partial charge in [-0.1, -0.05) is 140 Å². The van der Waals surface area contributed by atoms with Gasteiger partial charge in [0.2, 0.25) is 5.89 Å². The first-order valence-corrected chi connectivity index (χ1v) is 19.2. The van der Waals surface area contributed by atoms with Gasteiger partial charge in [0.15, 0.2) is 5.58 Å². The standard InChI is InChI=1S/C53H34N2O2/c1-3-11-35(12-4-1)37-23-28-43(29-24-37)55(44-30-25-38(26-31-44)36-13-5-2-6-14-36)48-33-42-15-7-8-16-45(42)52-51(48)46-32-27-41(34-50(46)56-52)39-19-21-40(22-20-39)53-54-47-17-9-10-18-49(47)57-53/h1-34H. The van der Waals surface area contributed by atoms with Crippen LogP contribution < -0.4 is 4.90 Å². The summed E-state index contributed by atoms with van der Waals surface area (Å²) in [6.07, 6.45) is 0. The van der Waals surface area contributed by atoms with Crippen molar-refractivity contribution >= 4 is 60.9 Å². The van der Waals surface area contributed by atoms with Crippen LogP contribution in [-0.4, -0.2) is 4.98 Å². The van der Waals surface area contributed by atoms with Gasteiger partial charge in [-0.15, -0.1) is 0 Å². The maximum absolute atomic E-state index is 6.92. The number of benzene rings is 9. The molecule has 0 fully saturated rings. The Morgan fingerprint density at radius 1 is 0.368 bits per heavy atom. The lowest BCUT2D eigenvalue weighted by atomic mass is 9.99. The minimum Gasteiger partial charge on any atom is -0.455 e. The van der Waals surface area contributed by atoms with Crippen molar-refractivity contribution in [3.05, 3.63) is 206 Å². The van der Waals surface area contributed by atoms with E-state index in [-0.39, 0.29) is 0 Å². The molecule has 4 nitrogen and oxygen atoms in total. The lowest BCUT2D eigenvalue weighted by molar-refractivity contribution is 0.620. The van der Waals surface area contributed by atoms with E-state index >= 15 is 0 Å². The Labute approximate surface area is 329 Å². The van der Waals surface area contributed by atoms with Crippen LogP contribution in [0, 0.1) is 0 Å². The third-order valence-corrected chi connectivity index (χ3v) is 10.9. The van der Waals surface area contributed by atoms with Crippen LogP contribution in [0.25, 0.3) is 88.6 Å². The molecule has 0 N–H and O–H groups in total. The van der Waals surface area contributed by atoms with E-state index < -0.39 is 0 Å². The maximum atomic E-state index is 6.92. The molecule has 0 atom stereocenters. The zero-order valence-corrected chi connectivity index (χ0v) is 30.8. The molecule has 268 valence electrons. The third kappa shape index (κ3) is 5.83. The van der Waals surface area contributed by atoms with Crippen LogP contribution in [-0.2, 0) is 0 Å². The molecule has 0 radical (unpaired) electrons. The molecule has 0 aliphatic carbocycles. The number of hydrogen-bond donors (Lipinski definition) is 0. The van der Waals surface area contributed by atoms with Gasteiger partial charge in [-0.25, -0.2) is 4.98 Å². The van der Waals surface area contributed by atoms with Crippen molar-refractivity contribution in [2.45, 2.75) is 0 Å². The molecule has 0 bridgehead atoms. The lowest BCUT2D eigenvalue weighted by Crippen LogP contribution is -2.10. The first-order valence-electron chi connectivity index (χ1n) is 19.2. The third-order valence-electron chi connectivity index (χ3n) is 10.9. The Balaban J connectivity index is 1.06. The molecular formula is C53H34N2O2. The van der Waals surface area contributed by atoms with Gasteiger partial charge in [0, 0.05) is 27.7 Å². The molecule has 57 heavy (non-hydrogen) atoms. The summed E-state index contributed by atoms with van der Waals surface area (Å²) in [5.74, 6) is 0.615. The quantitative estimate of drug-likeness (QED) is 0.164. The van der Waals surface area contributed by atoms with E-state index in [2.05, 4.69) is 187 Å². The first kappa shape index (κ1) is 32.7. The highest BCUT2D eigenvalue weighted by Crippen LogP contribution is 2.47. The molecule has 0 spiro atoms. The van der Waals surface area contributed by atoms with Crippen molar-refractivity contribution < 1.29 is 8.83 Å². The van der Waals surface area contributed by atoms with Crippen LogP contribution in [0.4, 0.5) is 17.1 Å². The van der Waals surface area contributed by atoms with Gasteiger partial charge in [0.05, 0.1) is 11.1 Å². The van der Waals surface area contributed by atoms with Gasteiger partial charge in [-0.05, 0) is 105 Å². The highest BCUT2D eigenvalue weighted by Gasteiger charge is 2.22. The molecule has 0 unspecified atom stereocenters. The smallest absolute Gasteiger partial charge is 0.227 e. The monoisotopic (exact) mass is 730 g/mol. The Bertz CT molecular complexity index is 3080. The molecule has 11 rings (SSSR count). The summed E-state index contributed by atoms with van der Waals surface area (Å²) in [6.45, 7) is 0. The predicted octanol–water partition coefficient (Wildman–Crippen LogP) is 15.0. The molecular weight excluding hydrogens is 697 g/mol. The van der Waals surface area contributed by atoms with Gasteiger partial charge in [0.1, 0.15) is 16.7 Å². The summed E-state index contributed by atoms with van der Waals surface area (Å²) >= 11 is 0. The van der Waals surface area contributed by atoms with Gasteiger partial charge in [0.25, 0.3) is 0 Å². The Hall–Kier alpha value is -7.69. The molecule has 2 heterocycles. The molecule has 0 saturated carbocycles. The number of oxazole rings is 1. The van der Waals surface area contributed by atoms with Gasteiger partial charge < -0.3 is 13.7 Å². The topological polar surface area (TPSA) is 42.4 Å². The second-order valence-corrected chi connectivity index (χ2v) is 14.4. The van der Waals surface area contributed by atoms with Crippen LogP contribution in [0.1, 0.15) is 0 Å². The number of fused-ring (bicyclic) bond motifs is 6. The van der Waals surface area contributed by atoms with E-state index in [1.165, 1.54) is 22.3 Å². The van der Waals surface area contributed by atoms with E-state index in [4.69, 9.17) is 13.8 Å². The van der Waals surface area contributed by atoms with Crippen LogP contribution in [0.15, 0.2) is 215 Å². The minimum atomic E-state index is 0.615. The van der Waals surface area contributed by atoms with Gasteiger partial charge >= 0.3 is 0 Å². The van der Waals surface area contributed by atoms with Crippen LogP contribution in [0.3, 0.4) is 0 Å². The number of aromatic nitrogens is 1. The number of hydrogen-bond acceptors (Lipinski definition) is 4. The zero-order valence-electron chi connectivity index (χ0n) is 30.8. The van der Waals surface area contributed by atoms with E-state index in [0.29, 0.717) is 5.89 Å². The zero-order chi connectivity index (χ0) is 37.7. The van der Waals surface area contributed by atoms with Crippen molar-refractivity contribution in [1.29, 1.82) is 0 Å². The molecule has 0 amide bonds. The molecule has 0 saturated heterocycles. The fourth-order valence-electron chi connectivity index (χ4n) is 8.04. The largest absolute Gasteiger partial charge is 0.455 e. The molecule has 4 heteroatoms. The summed E-state index contributed by atoms with van der Waals surface area (Å²) in [7, 11) is 0. The second kappa shape index (κ2) is 13.6. The molecule has 2 aromatic heterocycles. The molecule has 0 aliphatic heterocycles. The Kier molecular flexibility index (Phi) is 7.78. The highest BCUT2D eigenvalue weighted by molar-refractivity contribution is 6.22. The van der Waals surface area contributed by atoms with Crippen molar-refractivity contribution in [2.24, 2.45) is 0 Å². The summed E-state index contributed by atoms with van der Waals surface area (Å²) < 4.78 is 13.0. The van der Waals surface area contributed by atoms with Crippen molar-refractivity contribution in [3.8, 4) is 44.8 Å². The van der Waals surface area contributed by atoms with Gasteiger partial charge in [-0.3, -0.25) is 0 Å². The van der Waals surface area contributed by atoms with Crippen molar-refractivity contribution in [3.63, 3.8) is 0 Å². The first-order chi connectivity index (χ1) is 28.2. The number of furan rings is 1. The van der Waals surface area contributed by atoms with E-state index in [9.17, 15) is 0 Å². The Morgan fingerprint density at radius 3 is 1.56 bits per heavy atom. The number of para-hydroxylation sites is 2. The molecule has 9 aromatic carbocycles. The Morgan fingerprint density at radius 2 is 0.895 bits per heavy atom. The lowest BCUT2D eigenvalue weighted by Gasteiger charge is -2.27. The van der Waals surface area contributed by atoms with Crippen molar-refractivity contribution in [1.82, 2.24) is 4.98 Å². The summed E-state index contributed by atoms with van der Waals surface area (Å²) in [4.78, 5) is 7.06.